The Bertz CT molecular complexity index is 1010. The topological polar surface area (TPSA) is 68.8 Å². The van der Waals surface area contributed by atoms with Gasteiger partial charge in [0.05, 0.1) is 22.5 Å². The number of nitrogens with zero attached hydrogens (tertiary/aromatic N) is 3. The fraction of sp³-hybridized carbons (Fsp3) is 0.429. The first kappa shape index (κ1) is 19.5. The number of rotatable bonds is 5. The molecule has 0 radical (unpaired) electrons. The average molecular weight is 403 g/mol. The number of fused-ring (bicyclic) bond motifs is 1. The molecule has 1 aromatic carbocycles. The van der Waals surface area contributed by atoms with Crippen LogP contribution in [0.3, 0.4) is 0 Å². The second kappa shape index (κ2) is 7.57. The van der Waals surface area contributed by atoms with E-state index in [1.165, 1.54) is 32.0 Å². The summed E-state index contributed by atoms with van der Waals surface area (Å²) in [6.07, 6.45) is 6.13. The van der Waals surface area contributed by atoms with E-state index in [1.54, 1.807) is 13.0 Å². The van der Waals surface area contributed by atoms with Gasteiger partial charge in [-0.15, -0.1) is 0 Å². The van der Waals surface area contributed by atoms with Crippen LogP contribution >= 0.6 is 0 Å². The fourth-order valence-electron chi connectivity index (χ4n) is 4.09. The lowest BCUT2D eigenvalue weighted by Gasteiger charge is -2.18. The monoisotopic (exact) mass is 403 g/mol. The summed E-state index contributed by atoms with van der Waals surface area (Å²) < 4.78 is 41.5. The number of aromatic nitrogens is 3. The highest BCUT2D eigenvalue weighted by Crippen LogP contribution is 2.34. The van der Waals surface area contributed by atoms with Gasteiger partial charge in [0.25, 0.3) is 0 Å². The Kier molecular flexibility index (Phi) is 5.10. The van der Waals surface area contributed by atoms with E-state index in [0.717, 1.165) is 29.6 Å². The van der Waals surface area contributed by atoms with Crippen molar-refractivity contribution < 1.29 is 13.2 Å². The van der Waals surface area contributed by atoms with Gasteiger partial charge in [-0.2, -0.15) is 13.2 Å². The number of hydrogen-bond acceptors (Lipinski definition) is 4. The van der Waals surface area contributed by atoms with Gasteiger partial charge < -0.3 is 15.6 Å². The molecule has 1 aliphatic carbocycles. The Morgan fingerprint density at radius 2 is 1.93 bits per heavy atom. The van der Waals surface area contributed by atoms with Crippen molar-refractivity contribution in [1.29, 1.82) is 0 Å². The van der Waals surface area contributed by atoms with Gasteiger partial charge in [-0.05, 0) is 49.4 Å². The molecular weight excluding hydrogens is 379 g/mol. The van der Waals surface area contributed by atoms with E-state index in [2.05, 4.69) is 19.9 Å². The first-order valence-electron chi connectivity index (χ1n) is 9.84. The SMILES string of the molecule is C[C@@H](Nc1ncnc2cn(CC3CCCC3)cc12)c1cc(N)cc(C(F)(F)F)c1. The van der Waals surface area contributed by atoms with Crippen molar-refractivity contribution in [2.24, 2.45) is 5.92 Å². The normalized spacial score (nSPS) is 16.4. The second-order valence-electron chi connectivity index (χ2n) is 7.88. The van der Waals surface area contributed by atoms with E-state index in [-0.39, 0.29) is 5.69 Å². The highest BCUT2D eigenvalue weighted by Gasteiger charge is 2.31. The van der Waals surface area contributed by atoms with E-state index < -0.39 is 17.8 Å². The number of nitrogens with one attached hydrogen (secondary N) is 1. The van der Waals surface area contributed by atoms with Crippen molar-refractivity contribution in [3.8, 4) is 0 Å². The maximum atomic E-state index is 13.1. The molecule has 3 aromatic rings. The van der Waals surface area contributed by atoms with Crippen molar-refractivity contribution in [1.82, 2.24) is 14.5 Å². The molecule has 5 nitrogen and oxygen atoms in total. The molecule has 8 heteroatoms. The largest absolute Gasteiger partial charge is 0.416 e. The van der Waals surface area contributed by atoms with Gasteiger partial charge >= 0.3 is 6.18 Å². The lowest BCUT2D eigenvalue weighted by atomic mass is 10.0. The summed E-state index contributed by atoms with van der Waals surface area (Å²) in [7, 11) is 0. The quantitative estimate of drug-likeness (QED) is 0.560. The Morgan fingerprint density at radius 1 is 1.17 bits per heavy atom. The minimum atomic E-state index is -4.44. The third kappa shape index (κ3) is 4.31. The molecule has 3 N–H and O–H groups in total. The van der Waals surface area contributed by atoms with Crippen LogP contribution in [0.2, 0.25) is 0 Å². The van der Waals surface area contributed by atoms with E-state index >= 15 is 0 Å². The van der Waals surface area contributed by atoms with Gasteiger partial charge in [0, 0.05) is 24.6 Å². The van der Waals surface area contributed by atoms with Gasteiger partial charge in [0.2, 0.25) is 0 Å². The summed E-state index contributed by atoms with van der Waals surface area (Å²) in [5.74, 6) is 1.29. The minimum Gasteiger partial charge on any atom is -0.399 e. The fourth-order valence-corrected chi connectivity index (χ4v) is 4.09. The molecule has 1 atom stereocenters. The van der Waals surface area contributed by atoms with Crippen LogP contribution in [-0.4, -0.2) is 14.5 Å². The number of halogens is 3. The van der Waals surface area contributed by atoms with Crippen molar-refractivity contribution in [2.75, 3.05) is 11.1 Å². The highest BCUT2D eigenvalue weighted by atomic mass is 19.4. The maximum Gasteiger partial charge on any atom is 0.416 e. The van der Waals surface area contributed by atoms with Gasteiger partial charge in [0.1, 0.15) is 12.1 Å². The van der Waals surface area contributed by atoms with Crippen LogP contribution in [0.5, 0.6) is 0 Å². The predicted octanol–water partition coefficient (Wildman–Crippen LogP) is 5.40. The number of hydrogen-bond donors (Lipinski definition) is 2. The first-order chi connectivity index (χ1) is 13.8. The minimum absolute atomic E-state index is 0.0824. The summed E-state index contributed by atoms with van der Waals surface area (Å²) in [5, 5.41) is 4.09. The lowest BCUT2D eigenvalue weighted by molar-refractivity contribution is -0.137. The van der Waals surface area contributed by atoms with Crippen LogP contribution in [0.4, 0.5) is 24.7 Å². The zero-order chi connectivity index (χ0) is 20.6. The summed E-state index contributed by atoms with van der Waals surface area (Å²) in [6, 6.07) is 3.21. The van der Waals surface area contributed by atoms with Crippen LogP contribution in [-0.2, 0) is 12.7 Å². The number of nitrogens with two attached hydrogens (primary N) is 1. The molecule has 0 spiro atoms. The molecular formula is C21H24F3N5. The third-order valence-corrected chi connectivity index (χ3v) is 5.60. The molecule has 2 heterocycles. The summed E-state index contributed by atoms with van der Waals surface area (Å²) in [4.78, 5) is 8.66. The molecule has 0 saturated heterocycles. The van der Waals surface area contributed by atoms with E-state index in [9.17, 15) is 13.2 Å². The molecule has 0 unspecified atom stereocenters. The average Bonchev–Trinajstić information content (AvgIpc) is 3.30. The number of benzene rings is 1. The summed E-state index contributed by atoms with van der Waals surface area (Å²) >= 11 is 0. The van der Waals surface area contributed by atoms with Gasteiger partial charge in [-0.25, -0.2) is 9.97 Å². The van der Waals surface area contributed by atoms with Gasteiger partial charge in [0.15, 0.2) is 0 Å². The Hall–Kier alpha value is -2.77. The van der Waals surface area contributed by atoms with Crippen LogP contribution in [0, 0.1) is 5.92 Å². The Morgan fingerprint density at radius 3 is 2.66 bits per heavy atom. The smallest absolute Gasteiger partial charge is 0.399 e. The first-order valence-corrected chi connectivity index (χ1v) is 9.84. The van der Waals surface area contributed by atoms with Crippen molar-refractivity contribution in [2.45, 2.75) is 51.4 Å². The van der Waals surface area contributed by atoms with Crippen molar-refractivity contribution in [3.63, 3.8) is 0 Å². The number of nitrogen functional groups attached to an aromatic ring is 1. The van der Waals surface area contributed by atoms with Crippen LogP contribution < -0.4 is 11.1 Å². The van der Waals surface area contributed by atoms with Gasteiger partial charge in [-0.1, -0.05) is 12.8 Å². The maximum absolute atomic E-state index is 13.1. The Labute approximate surface area is 167 Å². The second-order valence-corrected chi connectivity index (χ2v) is 7.88. The molecule has 1 fully saturated rings. The van der Waals surface area contributed by atoms with Crippen molar-refractivity contribution in [3.05, 3.63) is 48.0 Å². The summed E-state index contributed by atoms with van der Waals surface area (Å²) in [6.45, 7) is 2.74. The van der Waals surface area contributed by atoms with Crippen LogP contribution in [0.25, 0.3) is 10.9 Å². The molecule has 154 valence electrons. The number of alkyl halides is 3. The Balaban J connectivity index is 1.59. The van der Waals surface area contributed by atoms with E-state index in [1.807, 2.05) is 12.4 Å². The van der Waals surface area contributed by atoms with E-state index in [0.29, 0.717) is 17.3 Å². The summed E-state index contributed by atoms with van der Waals surface area (Å²) in [5.41, 5.74) is 6.30. The zero-order valence-corrected chi connectivity index (χ0v) is 16.2. The lowest BCUT2D eigenvalue weighted by Crippen LogP contribution is -2.12. The zero-order valence-electron chi connectivity index (χ0n) is 16.2. The number of anilines is 2. The van der Waals surface area contributed by atoms with Crippen LogP contribution in [0.15, 0.2) is 36.9 Å². The molecule has 1 saturated carbocycles. The standard InChI is InChI=1S/C21H24F3N5/c1-13(15-6-16(21(22,23)24)8-17(25)7-15)28-20-18-10-29(9-14-4-2-3-5-14)11-19(18)26-12-27-20/h6-8,10-14H,2-5,9,25H2,1H3,(H,26,27,28)/t13-/m1/s1. The molecule has 0 aliphatic heterocycles. The predicted molar refractivity (Wildman–Crippen MR) is 107 cm³/mol. The molecule has 4 rings (SSSR count). The molecule has 2 aromatic heterocycles. The third-order valence-electron chi connectivity index (χ3n) is 5.60. The van der Waals surface area contributed by atoms with E-state index in [4.69, 9.17) is 5.73 Å². The molecule has 0 bridgehead atoms. The van der Waals surface area contributed by atoms with Crippen molar-refractivity contribution >= 4 is 22.4 Å². The molecule has 0 amide bonds. The highest BCUT2D eigenvalue weighted by molar-refractivity contribution is 5.88. The van der Waals surface area contributed by atoms with Gasteiger partial charge in [-0.3, -0.25) is 0 Å². The van der Waals surface area contributed by atoms with Crippen LogP contribution in [0.1, 0.15) is 49.8 Å². The molecule has 1 aliphatic rings. The molecule has 29 heavy (non-hydrogen) atoms.